The van der Waals surface area contributed by atoms with E-state index < -0.39 is 11.9 Å². The summed E-state index contributed by atoms with van der Waals surface area (Å²) in [6, 6.07) is 5.30. The summed E-state index contributed by atoms with van der Waals surface area (Å²) in [7, 11) is 1.62. The molecule has 2 heterocycles. The van der Waals surface area contributed by atoms with Crippen molar-refractivity contribution < 1.29 is 14.4 Å². The molecule has 6 nitrogen and oxygen atoms in total. The van der Waals surface area contributed by atoms with Crippen molar-refractivity contribution in [2.45, 2.75) is 31.7 Å². The number of benzene rings is 1. The molecule has 2 aliphatic heterocycles. The van der Waals surface area contributed by atoms with Gasteiger partial charge in [0.25, 0.3) is 5.91 Å². The van der Waals surface area contributed by atoms with Crippen LogP contribution in [0.2, 0.25) is 0 Å². The molecule has 122 valence electrons. The molecule has 23 heavy (non-hydrogen) atoms. The summed E-state index contributed by atoms with van der Waals surface area (Å²) >= 11 is 0. The Morgan fingerprint density at radius 3 is 2.57 bits per heavy atom. The quantitative estimate of drug-likeness (QED) is 0.799. The molecule has 2 aliphatic rings. The lowest BCUT2D eigenvalue weighted by Gasteiger charge is -2.31. The average Bonchev–Trinajstić information content (AvgIpc) is 2.44. The normalized spacial score (nSPS) is 21.6. The summed E-state index contributed by atoms with van der Waals surface area (Å²) in [6.07, 6.45) is 0.637. The van der Waals surface area contributed by atoms with Crippen molar-refractivity contribution >= 4 is 17.7 Å². The number of carbonyl (C=O) groups excluding carboxylic acids is 3. The maximum Gasteiger partial charge on any atom is 0.254 e. The van der Waals surface area contributed by atoms with Gasteiger partial charge in [0, 0.05) is 38.0 Å². The molecule has 6 heteroatoms. The zero-order valence-electron chi connectivity index (χ0n) is 13.4. The number of imide groups is 1. The van der Waals surface area contributed by atoms with Gasteiger partial charge in [-0.1, -0.05) is 12.1 Å². The maximum atomic E-state index is 12.7. The molecule has 3 amide bonds. The van der Waals surface area contributed by atoms with Crippen LogP contribution in [0.5, 0.6) is 0 Å². The van der Waals surface area contributed by atoms with Crippen LogP contribution in [0.15, 0.2) is 18.2 Å². The van der Waals surface area contributed by atoms with E-state index in [-0.39, 0.29) is 18.2 Å². The molecule has 2 saturated heterocycles. The summed E-state index contributed by atoms with van der Waals surface area (Å²) in [5, 5.41) is 5.53. The van der Waals surface area contributed by atoms with Gasteiger partial charge in [0.1, 0.15) is 6.04 Å². The molecule has 1 unspecified atom stereocenters. The van der Waals surface area contributed by atoms with Crippen LogP contribution < -0.4 is 10.6 Å². The van der Waals surface area contributed by atoms with Gasteiger partial charge in [-0.15, -0.1) is 0 Å². The lowest BCUT2D eigenvalue weighted by Crippen LogP contribution is -2.53. The average molecular weight is 315 g/mol. The Balaban J connectivity index is 1.76. The summed E-state index contributed by atoms with van der Waals surface area (Å²) in [4.78, 5) is 37.3. The van der Waals surface area contributed by atoms with Crippen LogP contribution in [0.1, 0.15) is 40.2 Å². The van der Waals surface area contributed by atoms with Crippen LogP contribution in [-0.2, 0) is 9.59 Å². The van der Waals surface area contributed by atoms with Crippen molar-refractivity contribution in [1.29, 1.82) is 0 Å². The van der Waals surface area contributed by atoms with Gasteiger partial charge in [0.05, 0.1) is 0 Å². The Bertz CT molecular complexity index is 667. The number of nitrogens with zero attached hydrogens (tertiary/aromatic N) is 1. The van der Waals surface area contributed by atoms with Crippen molar-refractivity contribution in [3.8, 4) is 0 Å². The minimum absolute atomic E-state index is 0.185. The van der Waals surface area contributed by atoms with E-state index in [1.807, 2.05) is 19.1 Å². The van der Waals surface area contributed by atoms with Crippen LogP contribution >= 0.6 is 0 Å². The zero-order chi connectivity index (χ0) is 16.6. The number of likely N-dealkylation sites (N-methyl/N-ethyl adjacent to an activating group) is 1. The van der Waals surface area contributed by atoms with Crippen LogP contribution in [0.3, 0.4) is 0 Å². The molecule has 0 spiro atoms. The van der Waals surface area contributed by atoms with Gasteiger partial charge >= 0.3 is 0 Å². The third kappa shape index (κ3) is 2.99. The molecule has 0 aliphatic carbocycles. The fourth-order valence-corrected chi connectivity index (χ4v) is 3.09. The molecule has 2 fully saturated rings. The monoisotopic (exact) mass is 315 g/mol. The molecule has 2 N–H and O–H groups in total. The molecule has 1 atom stereocenters. The van der Waals surface area contributed by atoms with E-state index in [0.29, 0.717) is 17.9 Å². The largest absolute Gasteiger partial charge is 0.330 e. The lowest BCUT2D eigenvalue weighted by molar-refractivity contribution is -0.136. The number of hydrogen-bond acceptors (Lipinski definition) is 4. The SMILES string of the molecule is Cc1cc(C2CNC2)ccc1C(=O)N(C)C1CCC(=O)NC1=O. The highest BCUT2D eigenvalue weighted by Crippen LogP contribution is 2.24. The van der Waals surface area contributed by atoms with Crippen LogP contribution in [0.4, 0.5) is 0 Å². The van der Waals surface area contributed by atoms with Crippen LogP contribution in [0, 0.1) is 6.92 Å². The van der Waals surface area contributed by atoms with E-state index in [0.717, 1.165) is 18.7 Å². The third-order valence-electron chi connectivity index (χ3n) is 4.73. The lowest BCUT2D eigenvalue weighted by atomic mass is 9.91. The highest BCUT2D eigenvalue weighted by atomic mass is 16.2. The molecular formula is C17H21N3O3. The summed E-state index contributed by atoms with van der Waals surface area (Å²) in [5.74, 6) is -0.338. The van der Waals surface area contributed by atoms with E-state index in [2.05, 4.69) is 16.7 Å². The van der Waals surface area contributed by atoms with Gasteiger partial charge in [-0.2, -0.15) is 0 Å². The van der Waals surface area contributed by atoms with Crippen molar-refractivity contribution in [2.75, 3.05) is 20.1 Å². The Kier molecular flexibility index (Phi) is 4.17. The summed E-state index contributed by atoms with van der Waals surface area (Å²) in [6.45, 7) is 3.87. The zero-order valence-corrected chi connectivity index (χ0v) is 13.4. The number of aryl methyl sites for hydroxylation is 1. The first-order valence-electron chi connectivity index (χ1n) is 7.89. The van der Waals surface area contributed by atoms with Gasteiger partial charge in [0.2, 0.25) is 11.8 Å². The molecule has 1 aromatic rings. The first-order valence-corrected chi connectivity index (χ1v) is 7.89. The van der Waals surface area contributed by atoms with Gasteiger partial charge in [-0.25, -0.2) is 0 Å². The van der Waals surface area contributed by atoms with Gasteiger partial charge < -0.3 is 10.2 Å². The molecular weight excluding hydrogens is 294 g/mol. The highest BCUT2D eigenvalue weighted by molar-refractivity contribution is 6.04. The molecule has 0 bridgehead atoms. The molecule has 1 aromatic carbocycles. The second-order valence-corrected chi connectivity index (χ2v) is 6.31. The van der Waals surface area contributed by atoms with E-state index >= 15 is 0 Å². The van der Waals surface area contributed by atoms with Gasteiger partial charge in [0.15, 0.2) is 0 Å². The van der Waals surface area contributed by atoms with E-state index in [4.69, 9.17) is 0 Å². The minimum atomic E-state index is -0.588. The van der Waals surface area contributed by atoms with E-state index in [1.54, 1.807) is 7.05 Å². The first kappa shape index (κ1) is 15.7. The second-order valence-electron chi connectivity index (χ2n) is 6.31. The smallest absolute Gasteiger partial charge is 0.254 e. The van der Waals surface area contributed by atoms with Crippen molar-refractivity contribution in [2.24, 2.45) is 0 Å². The van der Waals surface area contributed by atoms with Crippen molar-refractivity contribution in [1.82, 2.24) is 15.5 Å². The second kappa shape index (κ2) is 6.12. The molecule has 0 saturated carbocycles. The van der Waals surface area contributed by atoms with Crippen molar-refractivity contribution in [3.63, 3.8) is 0 Å². The number of piperidine rings is 1. The highest BCUT2D eigenvalue weighted by Gasteiger charge is 2.33. The number of nitrogens with one attached hydrogen (secondary N) is 2. The van der Waals surface area contributed by atoms with Crippen molar-refractivity contribution in [3.05, 3.63) is 34.9 Å². The Hall–Kier alpha value is -2.21. The third-order valence-corrected chi connectivity index (χ3v) is 4.73. The predicted molar refractivity (Wildman–Crippen MR) is 85.1 cm³/mol. The van der Waals surface area contributed by atoms with Crippen LogP contribution in [0.25, 0.3) is 0 Å². The van der Waals surface area contributed by atoms with Crippen LogP contribution in [-0.4, -0.2) is 48.8 Å². The van der Waals surface area contributed by atoms with E-state index in [9.17, 15) is 14.4 Å². The number of hydrogen-bond donors (Lipinski definition) is 2. The Morgan fingerprint density at radius 1 is 1.26 bits per heavy atom. The molecule has 0 radical (unpaired) electrons. The fourth-order valence-electron chi connectivity index (χ4n) is 3.09. The summed E-state index contributed by atoms with van der Waals surface area (Å²) < 4.78 is 0. The Labute approximate surface area is 135 Å². The standard InChI is InChI=1S/C17H21N3O3/c1-10-7-11(12-8-18-9-12)3-4-13(10)17(23)20(2)14-5-6-15(21)19-16(14)22/h3-4,7,12,14,18H,5-6,8-9H2,1-2H3,(H,19,21,22). The molecule has 3 rings (SSSR count). The predicted octanol–water partition coefficient (Wildman–Crippen LogP) is 0.559. The topological polar surface area (TPSA) is 78.5 Å². The number of rotatable bonds is 3. The first-order chi connectivity index (χ1) is 11.0. The number of carbonyl (C=O) groups is 3. The number of amides is 3. The Morgan fingerprint density at radius 2 is 2.00 bits per heavy atom. The molecule has 0 aromatic heterocycles. The van der Waals surface area contributed by atoms with Gasteiger partial charge in [-0.3, -0.25) is 19.7 Å². The van der Waals surface area contributed by atoms with E-state index in [1.165, 1.54) is 10.5 Å². The minimum Gasteiger partial charge on any atom is -0.330 e. The maximum absolute atomic E-state index is 12.7. The fraction of sp³-hybridized carbons (Fsp3) is 0.471. The van der Waals surface area contributed by atoms with Gasteiger partial charge in [-0.05, 0) is 30.5 Å². The summed E-state index contributed by atoms with van der Waals surface area (Å²) in [5.41, 5.74) is 2.76.